The summed E-state index contributed by atoms with van der Waals surface area (Å²) in [6, 6.07) is 18.1. The van der Waals surface area contributed by atoms with Crippen molar-refractivity contribution in [3.05, 3.63) is 95.3 Å². The van der Waals surface area contributed by atoms with Crippen molar-refractivity contribution in [2.75, 3.05) is 17.4 Å². The molecule has 0 saturated heterocycles. The van der Waals surface area contributed by atoms with Gasteiger partial charge >= 0.3 is 0 Å². The highest BCUT2D eigenvalue weighted by Crippen LogP contribution is 2.28. The summed E-state index contributed by atoms with van der Waals surface area (Å²) >= 11 is 0. The minimum Gasteiger partial charge on any atom is -0.354 e. The molecule has 3 rings (SSSR count). The van der Waals surface area contributed by atoms with Gasteiger partial charge in [0, 0.05) is 13.1 Å². The Bertz CT molecular complexity index is 1410. The van der Waals surface area contributed by atoms with Gasteiger partial charge in [-0.25, -0.2) is 12.8 Å². The average molecular weight is 568 g/mol. The number of aryl methyl sites for hydroxylation is 2. The van der Waals surface area contributed by atoms with E-state index in [-0.39, 0.29) is 23.3 Å². The molecule has 214 valence electrons. The second-order valence-corrected chi connectivity index (χ2v) is 12.2. The summed E-state index contributed by atoms with van der Waals surface area (Å²) in [7, 11) is -4.13. The van der Waals surface area contributed by atoms with Crippen molar-refractivity contribution >= 4 is 27.5 Å². The van der Waals surface area contributed by atoms with Crippen LogP contribution >= 0.6 is 0 Å². The Morgan fingerprint density at radius 3 is 2.17 bits per heavy atom. The van der Waals surface area contributed by atoms with Crippen LogP contribution in [0.15, 0.2) is 77.7 Å². The number of amides is 2. The molecule has 0 spiro atoms. The van der Waals surface area contributed by atoms with Crippen LogP contribution in [-0.4, -0.2) is 44.3 Å². The molecule has 3 aromatic rings. The Hall–Kier alpha value is -3.72. The molecule has 0 aliphatic rings. The van der Waals surface area contributed by atoms with Crippen molar-refractivity contribution in [2.24, 2.45) is 5.92 Å². The van der Waals surface area contributed by atoms with Gasteiger partial charge in [-0.05, 0) is 67.6 Å². The molecule has 7 nitrogen and oxygen atoms in total. The van der Waals surface area contributed by atoms with Crippen LogP contribution in [0.3, 0.4) is 0 Å². The zero-order chi connectivity index (χ0) is 29.4. The third-order valence-electron chi connectivity index (χ3n) is 6.57. The Labute approximate surface area is 237 Å². The number of anilines is 1. The van der Waals surface area contributed by atoms with Gasteiger partial charge in [-0.2, -0.15) is 0 Å². The second kappa shape index (κ2) is 13.6. The fourth-order valence-corrected chi connectivity index (χ4v) is 5.95. The fraction of sp³-hybridized carbons (Fsp3) is 0.355. The highest BCUT2D eigenvalue weighted by molar-refractivity contribution is 7.92. The lowest BCUT2D eigenvalue weighted by Gasteiger charge is -2.33. The van der Waals surface area contributed by atoms with Crippen LogP contribution in [0.25, 0.3) is 0 Å². The molecule has 0 heterocycles. The number of rotatable bonds is 12. The molecule has 0 saturated carbocycles. The van der Waals surface area contributed by atoms with Crippen LogP contribution in [0.5, 0.6) is 0 Å². The zero-order valence-corrected chi connectivity index (χ0v) is 24.5. The van der Waals surface area contributed by atoms with Gasteiger partial charge in [0.15, 0.2) is 0 Å². The number of nitrogens with zero attached hydrogens (tertiary/aromatic N) is 2. The standard InChI is InChI=1S/C31H38FN3O4S/c1-6-28(31(37)33-19-22(2)3)34(20-25-13-15-26(32)16-14-25)30(36)21-35(29-17-12-23(4)18-24(29)5)40(38,39)27-10-8-7-9-11-27/h7-18,22,28H,6,19-21H2,1-5H3,(H,33,37)/t28-/m0/s1. The van der Waals surface area contributed by atoms with Crippen LogP contribution in [0.2, 0.25) is 0 Å². The van der Waals surface area contributed by atoms with Gasteiger partial charge in [-0.1, -0.05) is 68.8 Å². The zero-order valence-electron chi connectivity index (χ0n) is 23.7. The Morgan fingerprint density at radius 2 is 1.60 bits per heavy atom. The monoisotopic (exact) mass is 567 g/mol. The van der Waals surface area contributed by atoms with E-state index in [1.807, 2.05) is 26.8 Å². The Morgan fingerprint density at radius 1 is 0.950 bits per heavy atom. The summed E-state index contributed by atoms with van der Waals surface area (Å²) in [6.07, 6.45) is 0.311. The second-order valence-electron chi connectivity index (χ2n) is 10.3. The summed E-state index contributed by atoms with van der Waals surface area (Å²) in [5.41, 5.74) is 2.64. The van der Waals surface area contributed by atoms with Crippen molar-refractivity contribution < 1.29 is 22.4 Å². The highest BCUT2D eigenvalue weighted by Gasteiger charge is 2.34. The predicted octanol–water partition coefficient (Wildman–Crippen LogP) is 5.22. The first-order valence-corrected chi connectivity index (χ1v) is 14.8. The first kappa shape index (κ1) is 30.8. The number of sulfonamides is 1. The lowest BCUT2D eigenvalue weighted by Crippen LogP contribution is -2.52. The first-order chi connectivity index (χ1) is 18.9. The molecule has 0 bridgehead atoms. The van der Waals surface area contributed by atoms with Crippen LogP contribution in [-0.2, 0) is 26.2 Å². The molecule has 0 radical (unpaired) electrons. The molecule has 0 aliphatic heterocycles. The lowest BCUT2D eigenvalue weighted by molar-refractivity contribution is -0.140. The normalized spacial score (nSPS) is 12.2. The van der Waals surface area contributed by atoms with Crippen LogP contribution in [0, 0.1) is 25.6 Å². The highest BCUT2D eigenvalue weighted by atomic mass is 32.2. The minimum atomic E-state index is -4.13. The van der Waals surface area contributed by atoms with E-state index in [1.54, 1.807) is 56.3 Å². The maximum absolute atomic E-state index is 14.1. The van der Waals surface area contributed by atoms with E-state index in [0.717, 1.165) is 9.87 Å². The van der Waals surface area contributed by atoms with Crippen LogP contribution in [0.4, 0.5) is 10.1 Å². The van der Waals surface area contributed by atoms with E-state index in [1.165, 1.54) is 29.2 Å². The molecule has 0 aromatic heterocycles. The summed E-state index contributed by atoms with van der Waals surface area (Å²) in [6.45, 7) is 9.37. The van der Waals surface area contributed by atoms with Crippen molar-refractivity contribution in [1.29, 1.82) is 0 Å². The van der Waals surface area contributed by atoms with Crippen molar-refractivity contribution in [1.82, 2.24) is 10.2 Å². The maximum atomic E-state index is 14.1. The van der Waals surface area contributed by atoms with Crippen LogP contribution in [0.1, 0.15) is 43.9 Å². The molecule has 9 heteroatoms. The number of halogens is 1. The van der Waals surface area contributed by atoms with E-state index in [0.29, 0.717) is 29.8 Å². The smallest absolute Gasteiger partial charge is 0.264 e. The Kier molecular flexibility index (Phi) is 10.5. The lowest BCUT2D eigenvalue weighted by atomic mass is 10.1. The summed E-state index contributed by atoms with van der Waals surface area (Å²) < 4.78 is 42.5. The molecule has 40 heavy (non-hydrogen) atoms. The number of hydrogen-bond donors (Lipinski definition) is 1. The molecular weight excluding hydrogens is 529 g/mol. The Balaban J connectivity index is 2.06. The molecule has 0 unspecified atom stereocenters. The summed E-state index contributed by atoms with van der Waals surface area (Å²) in [4.78, 5) is 28.7. The number of carbonyl (C=O) groups is 2. The predicted molar refractivity (Wildman–Crippen MR) is 156 cm³/mol. The molecule has 3 aromatic carbocycles. The van der Waals surface area contributed by atoms with Crippen molar-refractivity contribution in [3.63, 3.8) is 0 Å². The largest absolute Gasteiger partial charge is 0.354 e. The average Bonchev–Trinajstić information content (AvgIpc) is 2.92. The third-order valence-corrected chi connectivity index (χ3v) is 8.34. The van der Waals surface area contributed by atoms with E-state index in [4.69, 9.17) is 0 Å². The van der Waals surface area contributed by atoms with Crippen molar-refractivity contribution in [3.8, 4) is 0 Å². The molecule has 0 fully saturated rings. The maximum Gasteiger partial charge on any atom is 0.264 e. The minimum absolute atomic E-state index is 0.0127. The number of nitrogens with one attached hydrogen (secondary N) is 1. The third kappa shape index (κ3) is 7.69. The van der Waals surface area contributed by atoms with Gasteiger partial charge in [0.1, 0.15) is 18.4 Å². The SMILES string of the molecule is CC[C@@H](C(=O)NCC(C)C)N(Cc1ccc(F)cc1)C(=O)CN(c1ccc(C)cc1C)S(=O)(=O)c1ccccc1. The molecule has 1 atom stereocenters. The quantitative estimate of drug-likeness (QED) is 0.325. The molecule has 0 aliphatic carbocycles. The topological polar surface area (TPSA) is 86.8 Å². The number of hydrogen-bond acceptors (Lipinski definition) is 4. The van der Waals surface area contributed by atoms with Crippen molar-refractivity contribution in [2.45, 2.75) is 58.5 Å². The van der Waals surface area contributed by atoms with Crippen LogP contribution < -0.4 is 9.62 Å². The van der Waals surface area contributed by atoms with E-state index in [2.05, 4.69) is 5.32 Å². The van der Waals surface area contributed by atoms with Gasteiger partial charge in [0.25, 0.3) is 10.0 Å². The summed E-state index contributed by atoms with van der Waals surface area (Å²) in [5.74, 6) is -1.08. The van der Waals surface area contributed by atoms with E-state index >= 15 is 0 Å². The molecule has 1 N–H and O–H groups in total. The fourth-order valence-electron chi connectivity index (χ4n) is 4.45. The van der Waals surface area contributed by atoms with E-state index in [9.17, 15) is 22.4 Å². The van der Waals surface area contributed by atoms with Gasteiger partial charge < -0.3 is 10.2 Å². The van der Waals surface area contributed by atoms with E-state index < -0.39 is 34.3 Å². The van der Waals surface area contributed by atoms with Gasteiger partial charge in [-0.15, -0.1) is 0 Å². The number of benzene rings is 3. The number of carbonyl (C=O) groups excluding carboxylic acids is 2. The van der Waals surface area contributed by atoms with Gasteiger partial charge in [0.05, 0.1) is 10.6 Å². The molecule has 2 amide bonds. The molecular formula is C31H38FN3O4S. The van der Waals surface area contributed by atoms with Gasteiger partial charge in [0.2, 0.25) is 11.8 Å². The summed E-state index contributed by atoms with van der Waals surface area (Å²) in [5, 5.41) is 2.90. The van der Waals surface area contributed by atoms with Gasteiger partial charge in [-0.3, -0.25) is 13.9 Å². The first-order valence-electron chi connectivity index (χ1n) is 13.4.